The summed E-state index contributed by atoms with van der Waals surface area (Å²) in [5.41, 5.74) is 20.9. The summed E-state index contributed by atoms with van der Waals surface area (Å²) in [5, 5.41) is 5.95. The smallest absolute Gasteiger partial charge is 0.253 e. The molecule has 16 heteroatoms. The third kappa shape index (κ3) is 14.1. The highest BCUT2D eigenvalue weighted by molar-refractivity contribution is 6.09. The monoisotopic (exact) mass is 1260 g/mol. The Bertz CT molecular complexity index is 4570. The molecule has 0 radical (unpaired) electrons. The molecule has 2 aromatic heterocycles. The molecule has 2 fully saturated rings. The number of amides is 4. The van der Waals surface area contributed by atoms with Gasteiger partial charge >= 0.3 is 0 Å². The number of carbonyl (C=O) groups excluding carboxylic acids is 4. The minimum Gasteiger partial charge on any atom is -0.351 e. The maximum Gasteiger partial charge on any atom is 0.253 e. The van der Waals surface area contributed by atoms with Gasteiger partial charge in [-0.05, 0) is 207 Å². The minimum absolute atomic E-state index is 0.0716. The predicted octanol–water partition coefficient (Wildman–Crippen LogP) is 13.6. The standard InChI is InChI=1S/C79H80N12O4/c1-88(2)42-36-80-76(92)56-16-8-52(9-17-56)70-48-64-44-60(24-28-66(64)82-70)63-27-31-69-73(47-63)87-75(85-69)55-14-22-59(23-15-55)79(95)91-40-34-51(35-41-91)7-5-6-50-32-38-90(39-33-50)78(94)58-20-10-53(11-21-58)71-49-65-45-61(25-29-67(65)83-71)62-26-30-68-72(46-62)86-74(84-68)54-12-18-57(19-13-54)77(93)81-37-43-89(3)4/h8-31,44-47,50-51H,5-7,32-43,48-49H2,1-4H3,(H,80,92)(H,81,93)(H,84,86)(H,85,87). The zero-order chi connectivity index (χ0) is 65.1. The van der Waals surface area contributed by atoms with Crippen LogP contribution in [0.3, 0.4) is 0 Å². The number of nitrogens with zero attached hydrogens (tertiary/aromatic N) is 8. The van der Waals surface area contributed by atoms with E-state index in [0.717, 1.165) is 178 Å². The maximum atomic E-state index is 13.8. The van der Waals surface area contributed by atoms with E-state index in [1.165, 1.54) is 30.4 Å². The molecule has 4 amide bonds. The number of nitrogens with one attached hydrogen (secondary N) is 4. The number of hydrogen-bond acceptors (Lipinski definition) is 10. The van der Waals surface area contributed by atoms with Gasteiger partial charge in [-0.15, -0.1) is 0 Å². The van der Waals surface area contributed by atoms with Gasteiger partial charge in [0, 0.05) is 98.6 Å². The topological polar surface area (TPSA) is 187 Å². The SMILES string of the molecule is CN(C)CCNC(=O)c1ccc(C2=Nc3ccc(-c4ccc5nc(-c6ccc(C(=O)N7CCC(CCCC8CCN(C(=O)c9ccc(C%10=Nc%11ccc(-c%12ccc%13nc(-c%14ccc(C(=O)NCCN(C)C)cc%14)[nH]c%13c%12)cc%11C%10)cc9)CC8)CC7)cc6)[nH]c5c4)cc3C2)cc1. The van der Waals surface area contributed by atoms with Gasteiger partial charge in [-0.2, -0.15) is 0 Å². The van der Waals surface area contributed by atoms with Gasteiger partial charge in [-0.3, -0.25) is 29.2 Å². The number of H-pyrrole nitrogens is 2. The summed E-state index contributed by atoms with van der Waals surface area (Å²) in [6.45, 7) is 5.88. The van der Waals surface area contributed by atoms with Crippen LogP contribution in [0.15, 0.2) is 180 Å². The summed E-state index contributed by atoms with van der Waals surface area (Å²) < 4.78 is 0. The van der Waals surface area contributed by atoms with Crippen LogP contribution < -0.4 is 10.6 Å². The molecule has 0 atom stereocenters. The fourth-order valence-electron chi connectivity index (χ4n) is 13.8. The van der Waals surface area contributed by atoms with Gasteiger partial charge in [0.05, 0.1) is 44.9 Å². The Balaban J connectivity index is 0.498. The zero-order valence-corrected chi connectivity index (χ0v) is 54.6. The molecule has 4 N–H and O–H groups in total. The second kappa shape index (κ2) is 27.4. The number of likely N-dealkylation sites (N-methyl/N-ethyl adjacent to an activating group) is 2. The first-order chi connectivity index (χ1) is 46.3. The Morgan fingerprint density at radius 3 is 1.17 bits per heavy atom. The van der Waals surface area contributed by atoms with Crippen molar-refractivity contribution in [1.82, 2.24) is 50.2 Å². The average molecular weight is 1260 g/mol. The van der Waals surface area contributed by atoms with Crippen LogP contribution in [0, 0.1) is 11.8 Å². The first-order valence-electron chi connectivity index (χ1n) is 33.5. The van der Waals surface area contributed by atoms with Gasteiger partial charge in [0.1, 0.15) is 11.6 Å². The molecule has 16 nitrogen and oxygen atoms in total. The number of aliphatic imine (C=N–C) groups is 2. The molecule has 8 aromatic carbocycles. The highest BCUT2D eigenvalue weighted by Crippen LogP contribution is 2.37. The van der Waals surface area contributed by atoms with E-state index >= 15 is 0 Å². The Kier molecular flexibility index (Phi) is 18.0. The highest BCUT2D eigenvalue weighted by atomic mass is 16.2. The van der Waals surface area contributed by atoms with Crippen molar-refractivity contribution in [3.05, 3.63) is 214 Å². The van der Waals surface area contributed by atoms with Crippen LogP contribution in [0.2, 0.25) is 0 Å². The second-order valence-corrected chi connectivity index (χ2v) is 26.6. The van der Waals surface area contributed by atoms with E-state index in [1.807, 2.05) is 151 Å². The maximum absolute atomic E-state index is 13.8. The van der Waals surface area contributed by atoms with Crippen molar-refractivity contribution < 1.29 is 19.2 Å². The second-order valence-electron chi connectivity index (χ2n) is 26.6. The summed E-state index contributed by atoms with van der Waals surface area (Å²) in [7, 11) is 7.94. The number of benzene rings is 8. The van der Waals surface area contributed by atoms with Crippen molar-refractivity contribution in [2.24, 2.45) is 21.8 Å². The van der Waals surface area contributed by atoms with Gasteiger partial charge in [0.2, 0.25) is 0 Å². The lowest BCUT2D eigenvalue weighted by Gasteiger charge is -2.34. The number of fused-ring (bicyclic) bond motifs is 4. The van der Waals surface area contributed by atoms with Crippen molar-refractivity contribution in [2.75, 3.05) is 80.5 Å². The third-order valence-electron chi connectivity index (χ3n) is 19.5. The van der Waals surface area contributed by atoms with Crippen molar-refractivity contribution in [1.29, 1.82) is 0 Å². The van der Waals surface area contributed by atoms with Crippen LogP contribution in [0.25, 0.3) is 67.1 Å². The van der Waals surface area contributed by atoms with E-state index in [2.05, 4.69) is 87.3 Å². The molecule has 10 aromatic rings. The number of likely N-dealkylation sites (tertiary alicyclic amines) is 2. The van der Waals surface area contributed by atoms with Crippen LogP contribution >= 0.6 is 0 Å². The number of imidazole rings is 2. The summed E-state index contributed by atoms with van der Waals surface area (Å²) in [6.07, 6.45) is 9.10. The van der Waals surface area contributed by atoms with Gasteiger partial charge in [0.15, 0.2) is 0 Å². The number of aromatic amines is 2. The summed E-state index contributed by atoms with van der Waals surface area (Å²) >= 11 is 0. The molecule has 0 saturated carbocycles. The predicted molar refractivity (Wildman–Crippen MR) is 379 cm³/mol. The lowest BCUT2D eigenvalue weighted by Crippen LogP contribution is -2.39. The van der Waals surface area contributed by atoms with E-state index in [4.69, 9.17) is 20.0 Å². The average Bonchev–Trinajstić information content (AvgIpc) is 1.68. The van der Waals surface area contributed by atoms with Crippen molar-refractivity contribution >= 4 is 68.5 Å². The third-order valence-corrected chi connectivity index (χ3v) is 19.5. The number of aromatic nitrogens is 4. The van der Waals surface area contributed by atoms with E-state index in [9.17, 15) is 19.2 Å². The number of hydrogen-bond donors (Lipinski definition) is 4. The number of piperidine rings is 2. The van der Waals surface area contributed by atoms with E-state index < -0.39 is 0 Å². The molecule has 0 bridgehead atoms. The van der Waals surface area contributed by atoms with E-state index in [0.29, 0.717) is 48.0 Å². The van der Waals surface area contributed by atoms with Gasteiger partial charge in [-0.25, -0.2) is 9.97 Å². The largest absolute Gasteiger partial charge is 0.351 e. The first-order valence-corrected chi connectivity index (χ1v) is 33.5. The Labute approximate surface area is 554 Å². The van der Waals surface area contributed by atoms with Gasteiger partial charge in [-0.1, -0.05) is 92.1 Å². The molecule has 4 aliphatic heterocycles. The van der Waals surface area contributed by atoms with Crippen molar-refractivity contribution in [3.63, 3.8) is 0 Å². The molecule has 95 heavy (non-hydrogen) atoms. The van der Waals surface area contributed by atoms with Crippen LogP contribution in [-0.4, -0.2) is 155 Å². The Hall–Kier alpha value is -10.2. The van der Waals surface area contributed by atoms with Crippen LogP contribution in [-0.2, 0) is 12.8 Å². The fraction of sp³-hybridized carbons (Fsp3) is 0.291. The van der Waals surface area contributed by atoms with Crippen LogP contribution in [0.1, 0.15) is 109 Å². The molecular formula is C79H80N12O4. The normalized spacial score (nSPS) is 15.0. The lowest BCUT2D eigenvalue weighted by atomic mass is 9.86. The molecular weight excluding hydrogens is 1180 g/mol. The van der Waals surface area contributed by atoms with Gasteiger partial charge in [0.25, 0.3) is 23.6 Å². The van der Waals surface area contributed by atoms with Gasteiger partial charge < -0.3 is 40.2 Å². The molecule has 4 aliphatic rings. The van der Waals surface area contributed by atoms with E-state index in [-0.39, 0.29) is 23.6 Å². The Morgan fingerprint density at radius 1 is 0.432 bits per heavy atom. The fourth-order valence-corrected chi connectivity index (χ4v) is 13.8. The quantitative estimate of drug-likeness (QED) is 0.0580. The minimum atomic E-state index is -0.0871. The summed E-state index contributed by atoms with van der Waals surface area (Å²) in [4.78, 5) is 87.7. The summed E-state index contributed by atoms with van der Waals surface area (Å²) in [5.74, 6) is 2.79. The lowest BCUT2D eigenvalue weighted by molar-refractivity contribution is 0.0679. The highest BCUT2D eigenvalue weighted by Gasteiger charge is 2.28. The zero-order valence-electron chi connectivity index (χ0n) is 54.6. The molecule has 480 valence electrons. The van der Waals surface area contributed by atoms with Crippen LogP contribution in [0.4, 0.5) is 11.4 Å². The molecule has 14 rings (SSSR count). The van der Waals surface area contributed by atoms with Crippen LogP contribution in [0.5, 0.6) is 0 Å². The summed E-state index contributed by atoms with van der Waals surface area (Å²) in [6, 6.07) is 56.6. The molecule has 0 spiro atoms. The number of rotatable bonds is 20. The van der Waals surface area contributed by atoms with E-state index in [1.54, 1.807) is 0 Å². The molecule has 0 aliphatic carbocycles. The molecule has 6 heterocycles. The van der Waals surface area contributed by atoms with Crippen molar-refractivity contribution in [2.45, 2.75) is 57.8 Å². The van der Waals surface area contributed by atoms with Crippen molar-refractivity contribution in [3.8, 4) is 45.0 Å². The molecule has 0 unspecified atom stereocenters. The number of carbonyl (C=O) groups is 4. The first kappa shape index (κ1) is 62.3. The Morgan fingerprint density at radius 2 is 0.779 bits per heavy atom. The molecule has 2 saturated heterocycles.